The summed E-state index contributed by atoms with van der Waals surface area (Å²) in [7, 11) is -1.43. The standard InChI is InChI=1S/C23H28N6O2S/c1-26-11-13-27(14-12-26)22-9-10-23(25-24-22)28-15-17-29(18-16-28)32(30,31)21-8-4-6-19-5-2-3-7-20(19)21/h2-10H,11-18H2,1H3. The van der Waals surface area contributed by atoms with Crippen molar-refractivity contribution in [3.63, 3.8) is 0 Å². The number of anilines is 2. The molecule has 0 bridgehead atoms. The van der Waals surface area contributed by atoms with E-state index in [-0.39, 0.29) is 0 Å². The first-order chi connectivity index (χ1) is 15.5. The molecule has 1 aromatic heterocycles. The lowest BCUT2D eigenvalue weighted by Crippen LogP contribution is -2.49. The Balaban J connectivity index is 1.27. The van der Waals surface area contributed by atoms with E-state index in [9.17, 15) is 8.42 Å². The fraction of sp³-hybridized carbons (Fsp3) is 0.391. The van der Waals surface area contributed by atoms with Gasteiger partial charge in [0.1, 0.15) is 0 Å². The molecule has 5 rings (SSSR count). The summed E-state index contributed by atoms with van der Waals surface area (Å²) in [4.78, 5) is 7.05. The number of piperazine rings is 2. The number of sulfonamides is 1. The first-order valence-electron chi connectivity index (χ1n) is 11.0. The Hall–Kier alpha value is -2.75. The predicted molar refractivity (Wildman–Crippen MR) is 127 cm³/mol. The van der Waals surface area contributed by atoms with Crippen molar-refractivity contribution in [2.75, 3.05) is 69.2 Å². The summed E-state index contributed by atoms with van der Waals surface area (Å²) in [5.74, 6) is 1.70. The minimum Gasteiger partial charge on any atom is -0.353 e. The van der Waals surface area contributed by atoms with Gasteiger partial charge in [0.15, 0.2) is 11.6 Å². The molecule has 3 heterocycles. The average molecular weight is 453 g/mol. The highest BCUT2D eigenvalue weighted by atomic mass is 32.2. The second kappa shape index (κ2) is 8.65. The molecule has 2 aliphatic rings. The van der Waals surface area contributed by atoms with Gasteiger partial charge in [0, 0.05) is 57.7 Å². The van der Waals surface area contributed by atoms with Gasteiger partial charge in [0.05, 0.1) is 4.90 Å². The van der Waals surface area contributed by atoms with Crippen LogP contribution in [0.1, 0.15) is 0 Å². The van der Waals surface area contributed by atoms with E-state index < -0.39 is 10.0 Å². The van der Waals surface area contributed by atoms with Gasteiger partial charge < -0.3 is 14.7 Å². The second-order valence-corrected chi connectivity index (χ2v) is 10.3. The monoisotopic (exact) mass is 452 g/mol. The summed E-state index contributed by atoms with van der Waals surface area (Å²) in [5, 5.41) is 10.6. The molecule has 2 aromatic carbocycles. The zero-order valence-electron chi connectivity index (χ0n) is 18.3. The topological polar surface area (TPSA) is 72.9 Å². The van der Waals surface area contributed by atoms with E-state index in [1.165, 1.54) is 0 Å². The number of likely N-dealkylation sites (N-methyl/N-ethyl adjacent to an activating group) is 1. The van der Waals surface area contributed by atoms with Gasteiger partial charge in [-0.2, -0.15) is 4.31 Å². The summed E-state index contributed by atoms with van der Waals surface area (Å²) >= 11 is 0. The van der Waals surface area contributed by atoms with Crippen molar-refractivity contribution >= 4 is 32.4 Å². The quantitative estimate of drug-likeness (QED) is 0.599. The number of aromatic nitrogens is 2. The normalized spacial score (nSPS) is 18.9. The molecule has 0 atom stereocenters. The molecule has 0 aliphatic carbocycles. The molecular weight excluding hydrogens is 424 g/mol. The second-order valence-electron chi connectivity index (χ2n) is 8.41. The molecule has 2 fully saturated rings. The zero-order chi connectivity index (χ0) is 22.1. The van der Waals surface area contributed by atoms with Gasteiger partial charge in [-0.25, -0.2) is 8.42 Å². The molecule has 2 saturated heterocycles. The Morgan fingerprint density at radius 1 is 0.688 bits per heavy atom. The Morgan fingerprint density at radius 3 is 1.88 bits per heavy atom. The number of fused-ring (bicyclic) bond motifs is 1. The van der Waals surface area contributed by atoms with E-state index in [1.54, 1.807) is 10.4 Å². The van der Waals surface area contributed by atoms with Crippen molar-refractivity contribution in [1.29, 1.82) is 0 Å². The maximum Gasteiger partial charge on any atom is 0.243 e. The predicted octanol–water partition coefficient (Wildman–Crippen LogP) is 1.89. The van der Waals surface area contributed by atoms with Crippen molar-refractivity contribution in [2.45, 2.75) is 4.90 Å². The molecule has 2 aliphatic heterocycles. The van der Waals surface area contributed by atoms with Gasteiger partial charge in [0.25, 0.3) is 0 Å². The molecule has 3 aromatic rings. The third-order valence-electron chi connectivity index (χ3n) is 6.39. The largest absolute Gasteiger partial charge is 0.353 e. The SMILES string of the molecule is CN1CCN(c2ccc(N3CCN(S(=O)(=O)c4cccc5ccccc45)CC3)nn2)CC1. The van der Waals surface area contributed by atoms with Crippen LogP contribution in [0.4, 0.5) is 11.6 Å². The molecule has 0 unspecified atom stereocenters. The minimum atomic E-state index is -3.56. The van der Waals surface area contributed by atoms with Crippen LogP contribution in [0.5, 0.6) is 0 Å². The Bertz CT molecular complexity index is 1180. The minimum absolute atomic E-state index is 0.375. The van der Waals surface area contributed by atoms with Crippen molar-refractivity contribution in [1.82, 2.24) is 19.4 Å². The molecular formula is C23H28N6O2S. The average Bonchev–Trinajstić information content (AvgIpc) is 2.84. The molecule has 0 radical (unpaired) electrons. The van der Waals surface area contributed by atoms with Gasteiger partial charge in [-0.05, 0) is 30.6 Å². The Kier molecular flexibility index (Phi) is 5.71. The highest BCUT2D eigenvalue weighted by Gasteiger charge is 2.30. The van der Waals surface area contributed by atoms with Crippen molar-refractivity contribution in [3.8, 4) is 0 Å². The molecule has 9 heteroatoms. The summed E-state index contributed by atoms with van der Waals surface area (Å²) in [6.45, 7) is 5.98. The van der Waals surface area contributed by atoms with E-state index in [1.807, 2.05) is 48.5 Å². The maximum absolute atomic E-state index is 13.4. The third kappa shape index (κ3) is 4.03. The first kappa shape index (κ1) is 21.1. The van der Waals surface area contributed by atoms with Gasteiger partial charge in [0.2, 0.25) is 10.0 Å². The van der Waals surface area contributed by atoms with E-state index in [0.717, 1.165) is 48.6 Å². The molecule has 168 valence electrons. The lowest BCUT2D eigenvalue weighted by molar-refractivity contribution is 0.312. The van der Waals surface area contributed by atoms with E-state index in [4.69, 9.17) is 0 Å². The van der Waals surface area contributed by atoms with Crippen LogP contribution in [-0.2, 0) is 10.0 Å². The molecule has 0 amide bonds. The molecule has 0 spiro atoms. The highest BCUT2D eigenvalue weighted by Crippen LogP contribution is 2.27. The van der Waals surface area contributed by atoms with Crippen molar-refractivity contribution < 1.29 is 8.42 Å². The Labute approximate surface area is 189 Å². The lowest BCUT2D eigenvalue weighted by Gasteiger charge is -2.35. The molecule has 0 N–H and O–H groups in total. The van der Waals surface area contributed by atoms with Crippen LogP contribution in [0.15, 0.2) is 59.5 Å². The van der Waals surface area contributed by atoms with Crippen LogP contribution in [0.2, 0.25) is 0 Å². The van der Waals surface area contributed by atoms with Crippen LogP contribution in [0, 0.1) is 0 Å². The fourth-order valence-corrected chi connectivity index (χ4v) is 6.04. The maximum atomic E-state index is 13.4. The Morgan fingerprint density at radius 2 is 1.25 bits per heavy atom. The number of hydrogen-bond donors (Lipinski definition) is 0. The van der Waals surface area contributed by atoms with Gasteiger partial charge in [-0.3, -0.25) is 0 Å². The molecule has 32 heavy (non-hydrogen) atoms. The first-order valence-corrected chi connectivity index (χ1v) is 12.5. The van der Waals surface area contributed by atoms with Gasteiger partial charge in [-0.1, -0.05) is 36.4 Å². The number of nitrogens with zero attached hydrogens (tertiary/aromatic N) is 6. The van der Waals surface area contributed by atoms with Crippen molar-refractivity contribution in [2.24, 2.45) is 0 Å². The van der Waals surface area contributed by atoms with Crippen LogP contribution in [0.25, 0.3) is 10.8 Å². The zero-order valence-corrected chi connectivity index (χ0v) is 19.1. The summed E-state index contributed by atoms with van der Waals surface area (Å²) < 4.78 is 28.3. The summed E-state index contributed by atoms with van der Waals surface area (Å²) in [6, 6.07) is 17.1. The van der Waals surface area contributed by atoms with Gasteiger partial charge >= 0.3 is 0 Å². The third-order valence-corrected chi connectivity index (χ3v) is 8.35. The van der Waals surface area contributed by atoms with Gasteiger partial charge in [-0.15, -0.1) is 10.2 Å². The fourth-order valence-electron chi connectivity index (χ4n) is 4.41. The van der Waals surface area contributed by atoms with E-state index in [2.05, 4.69) is 31.9 Å². The highest BCUT2D eigenvalue weighted by molar-refractivity contribution is 7.89. The smallest absolute Gasteiger partial charge is 0.243 e. The van der Waals surface area contributed by atoms with Crippen molar-refractivity contribution in [3.05, 3.63) is 54.6 Å². The van der Waals surface area contributed by atoms with Crippen LogP contribution in [-0.4, -0.2) is 87.2 Å². The number of rotatable bonds is 4. The summed E-state index contributed by atoms with van der Waals surface area (Å²) in [5.41, 5.74) is 0. The molecule has 0 saturated carbocycles. The van der Waals surface area contributed by atoms with Crippen LogP contribution in [0.3, 0.4) is 0 Å². The van der Waals surface area contributed by atoms with E-state index >= 15 is 0 Å². The van der Waals surface area contributed by atoms with Crippen LogP contribution < -0.4 is 9.80 Å². The number of hydrogen-bond acceptors (Lipinski definition) is 7. The number of benzene rings is 2. The molecule has 8 nitrogen and oxygen atoms in total. The lowest BCUT2D eigenvalue weighted by atomic mass is 10.1. The van der Waals surface area contributed by atoms with Crippen LogP contribution >= 0.6 is 0 Å². The summed E-state index contributed by atoms with van der Waals surface area (Å²) in [6.07, 6.45) is 0. The van der Waals surface area contributed by atoms with E-state index in [0.29, 0.717) is 31.1 Å².